The van der Waals surface area contributed by atoms with E-state index < -0.39 is 36.3 Å². The highest BCUT2D eigenvalue weighted by Crippen LogP contribution is 2.27. The van der Waals surface area contributed by atoms with E-state index in [0.717, 1.165) is 42.9 Å². The van der Waals surface area contributed by atoms with Crippen LogP contribution in [0.5, 0.6) is 0 Å². The Balaban J connectivity index is 1.06. The van der Waals surface area contributed by atoms with Gasteiger partial charge in [0.1, 0.15) is 36.7 Å². The fourth-order valence-corrected chi connectivity index (χ4v) is 8.84. The van der Waals surface area contributed by atoms with Crippen LogP contribution >= 0.6 is 0 Å². The van der Waals surface area contributed by atoms with Gasteiger partial charge in [0.2, 0.25) is 17.7 Å². The van der Waals surface area contributed by atoms with Crippen LogP contribution in [-0.4, -0.2) is 135 Å². The Bertz CT molecular complexity index is 2080. The minimum Gasteiger partial charge on any atom is -0.365 e. The number of amides is 3. The maximum Gasteiger partial charge on any atom is 0.248 e. The molecule has 354 valence electrons. The molecule has 4 heterocycles. The summed E-state index contributed by atoms with van der Waals surface area (Å²) < 4.78 is 16.6. The lowest BCUT2D eigenvalue weighted by Gasteiger charge is -2.32. The quantitative estimate of drug-likeness (QED) is 0.0927. The fraction of sp³-hybridized carbons (Fsp3) is 0.529. The van der Waals surface area contributed by atoms with Crippen LogP contribution in [0.25, 0.3) is 0 Å². The number of benzene rings is 2. The largest absolute Gasteiger partial charge is 0.365 e. The Morgan fingerprint density at radius 1 is 0.682 bits per heavy atom. The van der Waals surface area contributed by atoms with Gasteiger partial charge in [0.15, 0.2) is 0 Å². The zero-order chi connectivity index (χ0) is 47.0. The smallest absolute Gasteiger partial charge is 0.248 e. The van der Waals surface area contributed by atoms with Crippen LogP contribution in [-0.2, 0) is 54.6 Å². The van der Waals surface area contributed by atoms with Crippen LogP contribution in [0.1, 0.15) is 82.6 Å². The number of imidazole rings is 2. The second kappa shape index (κ2) is 24.7. The highest BCUT2D eigenvalue weighted by atomic mass is 16.5. The maximum atomic E-state index is 14.4. The summed E-state index contributed by atoms with van der Waals surface area (Å²) >= 11 is 0. The van der Waals surface area contributed by atoms with Gasteiger partial charge in [-0.3, -0.25) is 19.2 Å². The average molecular weight is 904 g/mol. The van der Waals surface area contributed by atoms with Crippen molar-refractivity contribution in [3.63, 3.8) is 0 Å². The molecule has 8 atom stereocenters. The number of aromatic nitrogens is 4. The first-order valence-corrected chi connectivity index (χ1v) is 23.5. The Labute approximate surface area is 390 Å². The molecule has 3 N–H and O–H groups in total. The second-order valence-electron chi connectivity index (χ2n) is 17.6. The van der Waals surface area contributed by atoms with Crippen molar-refractivity contribution in [1.29, 1.82) is 0 Å². The molecule has 2 aliphatic heterocycles. The molecule has 4 aromatic rings. The van der Waals surface area contributed by atoms with Crippen LogP contribution in [0, 0.1) is 17.8 Å². The van der Waals surface area contributed by atoms with Gasteiger partial charge in [-0.15, -0.1) is 0 Å². The average Bonchev–Trinajstić information content (AvgIpc) is 4.18. The summed E-state index contributed by atoms with van der Waals surface area (Å²) in [6.07, 6.45) is 11.0. The lowest BCUT2D eigenvalue weighted by molar-refractivity contribution is -0.144. The van der Waals surface area contributed by atoms with Crippen molar-refractivity contribution in [3.8, 4) is 11.8 Å². The summed E-state index contributed by atoms with van der Waals surface area (Å²) in [6.45, 7) is 9.52. The fourth-order valence-electron chi connectivity index (χ4n) is 8.84. The summed E-state index contributed by atoms with van der Waals surface area (Å²) in [6, 6.07) is 18.4. The molecule has 15 heteroatoms. The number of nitrogens with zero attached hydrogens (tertiary/aromatic N) is 6. The number of likely N-dealkylation sites (tertiary alicyclic amines) is 2. The molecule has 2 saturated heterocycles. The van der Waals surface area contributed by atoms with E-state index >= 15 is 0 Å². The van der Waals surface area contributed by atoms with E-state index in [0.29, 0.717) is 39.0 Å². The number of carbonyl (C=O) groups is 4. The third kappa shape index (κ3) is 13.5. The number of ether oxygens (including phenoxy) is 2. The molecule has 15 nitrogen and oxygen atoms in total. The van der Waals surface area contributed by atoms with Gasteiger partial charge in [0.05, 0.1) is 30.2 Å². The molecule has 0 spiro atoms. The van der Waals surface area contributed by atoms with Crippen LogP contribution in [0.3, 0.4) is 0 Å². The van der Waals surface area contributed by atoms with Crippen molar-refractivity contribution in [1.82, 2.24) is 44.9 Å². The Kier molecular flexibility index (Phi) is 18.7. The monoisotopic (exact) mass is 904 g/mol. The van der Waals surface area contributed by atoms with Crippen LogP contribution < -0.4 is 16.0 Å². The predicted octanol–water partition coefficient (Wildman–Crippen LogP) is 4.03. The lowest BCUT2D eigenvalue weighted by atomic mass is 9.92. The number of carbonyl (C=O) groups excluding carboxylic acids is 4. The van der Waals surface area contributed by atoms with Gasteiger partial charge >= 0.3 is 0 Å². The molecule has 0 unspecified atom stereocenters. The molecular formula is C51H69N9O6. The van der Waals surface area contributed by atoms with E-state index in [1.54, 1.807) is 47.3 Å². The van der Waals surface area contributed by atoms with E-state index in [4.69, 9.17) is 9.47 Å². The number of likely N-dealkylation sites (N-methyl/N-ethyl adjacent to an activating group) is 2. The number of rotatable bonds is 23. The summed E-state index contributed by atoms with van der Waals surface area (Å²) in [5, 5.41) is 8.92. The number of hydrogen-bond donors (Lipinski definition) is 3. The second-order valence-corrected chi connectivity index (χ2v) is 17.6. The lowest BCUT2D eigenvalue weighted by Crippen LogP contribution is -2.58. The van der Waals surface area contributed by atoms with Crippen molar-refractivity contribution < 1.29 is 28.7 Å². The summed E-state index contributed by atoms with van der Waals surface area (Å²) in [7, 11) is 3.43. The number of hydrogen-bond acceptors (Lipinski definition) is 10. The first-order valence-electron chi connectivity index (χ1n) is 23.5. The van der Waals surface area contributed by atoms with E-state index in [2.05, 4.69) is 71.2 Å². The number of ketones is 1. The summed E-state index contributed by atoms with van der Waals surface area (Å²) in [5.74, 6) is 6.49. The van der Waals surface area contributed by atoms with Gasteiger partial charge in [-0.05, 0) is 78.6 Å². The molecule has 66 heavy (non-hydrogen) atoms. The molecule has 0 radical (unpaired) electrons. The van der Waals surface area contributed by atoms with Gasteiger partial charge in [-0.1, -0.05) is 72.5 Å². The highest BCUT2D eigenvalue weighted by Gasteiger charge is 2.39. The zero-order valence-corrected chi connectivity index (χ0v) is 39.5. The third-order valence-corrected chi connectivity index (χ3v) is 13.2. The molecule has 0 saturated carbocycles. The molecule has 0 aliphatic carbocycles. The molecule has 0 bridgehead atoms. The SMILES string of the molecule is CN[C@@H](C)C(=O)C[C@H](C(=O)N1CCC[C@H]1Cn1ccnc1Cc1ccccc1)[C@@H](C)OCC#CCO[C@H](C)[C@H](NC(=O)[C@H](C)NC)C(=O)N1CCC[C@H]1Cn1ccnc1Cc1ccccc1. The van der Waals surface area contributed by atoms with Crippen molar-refractivity contribution in [3.05, 3.63) is 108 Å². The van der Waals surface area contributed by atoms with E-state index in [1.165, 1.54) is 5.56 Å². The van der Waals surface area contributed by atoms with Crippen molar-refractivity contribution in [2.75, 3.05) is 40.4 Å². The molecular weight excluding hydrogens is 835 g/mol. The standard InChI is InChI=1S/C51H69N9O6/c1-36(52-5)45(61)33-44(50(63)59-25-15-21-42(59)34-57-27-23-54-46(57)31-40-17-9-7-10-18-40)38(3)65-29-13-14-30-66-39(4)48(56-49(62)37(2)53-6)51(64)60-26-16-22-43(60)35-58-28-24-55-47(58)32-41-19-11-8-12-20-41/h7-12,17-20,23-24,27-28,36-39,42-44,48,52-53H,15-16,21-22,25-26,29-35H2,1-6H3,(H,56,62)/t36-,37-,38+,39+,42-,43-,44-,48-/m0/s1. The van der Waals surface area contributed by atoms with Crippen LogP contribution in [0.4, 0.5) is 0 Å². The molecule has 2 aromatic carbocycles. The zero-order valence-electron chi connectivity index (χ0n) is 39.5. The van der Waals surface area contributed by atoms with E-state index in [-0.39, 0.29) is 55.2 Å². The van der Waals surface area contributed by atoms with Gasteiger partial charge in [0, 0.05) is 82.3 Å². The van der Waals surface area contributed by atoms with Crippen molar-refractivity contribution in [2.45, 2.75) is 128 Å². The van der Waals surface area contributed by atoms with E-state index in [9.17, 15) is 19.2 Å². The van der Waals surface area contributed by atoms with Gasteiger partial charge in [0.25, 0.3) is 0 Å². The highest BCUT2D eigenvalue weighted by molar-refractivity contribution is 5.91. The van der Waals surface area contributed by atoms with Crippen molar-refractivity contribution in [2.24, 2.45) is 5.92 Å². The molecule has 6 rings (SSSR count). The summed E-state index contributed by atoms with van der Waals surface area (Å²) in [4.78, 5) is 68.3. The van der Waals surface area contributed by atoms with Gasteiger partial charge < -0.3 is 44.4 Å². The van der Waals surface area contributed by atoms with Gasteiger partial charge in [-0.2, -0.15) is 0 Å². The minimum absolute atomic E-state index is 0.00845. The van der Waals surface area contributed by atoms with Crippen LogP contribution in [0.15, 0.2) is 85.5 Å². The number of Topliss-reactive ketones (excluding diaryl/α,β-unsaturated/α-hetero) is 1. The molecule has 3 amide bonds. The maximum absolute atomic E-state index is 14.4. The van der Waals surface area contributed by atoms with Crippen LogP contribution in [0.2, 0.25) is 0 Å². The first-order chi connectivity index (χ1) is 32.0. The normalized spacial score (nSPS) is 18.8. The predicted molar refractivity (Wildman–Crippen MR) is 253 cm³/mol. The Morgan fingerprint density at radius 2 is 1.17 bits per heavy atom. The first kappa shape index (κ1) is 49.8. The Hall–Kier alpha value is -5.66. The third-order valence-electron chi connectivity index (χ3n) is 13.2. The minimum atomic E-state index is -0.943. The van der Waals surface area contributed by atoms with Crippen molar-refractivity contribution >= 4 is 23.5 Å². The number of nitrogens with one attached hydrogen (secondary N) is 3. The molecule has 2 aromatic heterocycles. The molecule has 2 aliphatic rings. The van der Waals surface area contributed by atoms with Gasteiger partial charge in [-0.25, -0.2) is 9.97 Å². The molecule has 2 fully saturated rings. The topological polar surface area (TPSA) is 165 Å². The summed E-state index contributed by atoms with van der Waals surface area (Å²) in [5.41, 5.74) is 2.33. The Morgan fingerprint density at radius 3 is 1.67 bits per heavy atom. The van der Waals surface area contributed by atoms with E-state index in [1.807, 2.05) is 65.5 Å².